The Morgan fingerprint density at radius 1 is 0.676 bits per heavy atom. The summed E-state index contributed by atoms with van der Waals surface area (Å²) < 4.78 is 118. The second kappa shape index (κ2) is 23.5. The smallest absolute Gasteiger partial charge is 0.422 e. The van der Waals surface area contributed by atoms with Crippen LogP contribution >= 0.6 is 0 Å². The number of cyclic esters (lactones) is 2. The lowest BCUT2D eigenvalue weighted by atomic mass is 9.99. The number of aliphatic hydroxyl groups is 2. The molecular weight excluding hydrogens is 918 g/mol. The lowest BCUT2D eigenvalue weighted by Crippen LogP contribution is -2.32. The van der Waals surface area contributed by atoms with Crippen LogP contribution in [0.1, 0.15) is 86.2 Å². The summed E-state index contributed by atoms with van der Waals surface area (Å²) in [6, 6.07) is 4.44. The van der Waals surface area contributed by atoms with Crippen LogP contribution in [0.15, 0.2) is 60.7 Å². The summed E-state index contributed by atoms with van der Waals surface area (Å²) in [6.45, 7) is 6.62. The van der Waals surface area contributed by atoms with E-state index in [0.717, 1.165) is 18.2 Å². The molecule has 3 aliphatic rings. The molecule has 2 aromatic rings. The largest absolute Gasteiger partial charge is 0.507 e. The summed E-state index contributed by atoms with van der Waals surface area (Å²) in [5, 5.41) is 30.2. The minimum absolute atomic E-state index is 0.00991. The number of phenolic OH excluding ortho intramolecular Hbond substituents is 1. The van der Waals surface area contributed by atoms with Gasteiger partial charge in [0, 0.05) is 31.1 Å². The molecular formula is C47H54F6O15. The van der Waals surface area contributed by atoms with Gasteiger partial charge >= 0.3 is 24.3 Å². The zero-order valence-electron chi connectivity index (χ0n) is 38.1. The highest BCUT2D eigenvalue weighted by Crippen LogP contribution is 2.36. The molecule has 0 aliphatic carbocycles. The maximum Gasteiger partial charge on any atom is 0.422 e. The molecule has 5 rings (SSSR count). The van der Waals surface area contributed by atoms with E-state index in [9.17, 15) is 60.8 Å². The fourth-order valence-electron chi connectivity index (χ4n) is 6.57. The summed E-state index contributed by atoms with van der Waals surface area (Å²) in [5.74, 6) is -5.74. The lowest BCUT2D eigenvalue weighted by Gasteiger charge is -2.21. The number of fused-ring (bicyclic) bond motifs is 3. The van der Waals surface area contributed by atoms with Crippen molar-refractivity contribution in [2.45, 2.75) is 109 Å². The monoisotopic (exact) mass is 972 g/mol. The Morgan fingerprint density at radius 3 is 1.72 bits per heavy atom. The van der Waals surface area contributed by atoms with E-state index in [1.54, 1.807) is 53.7 Å². The Labute approximate surface area is 387 Å². The molecule has 8 atom stereocenters. The van der Waals surface area contributed by atoms with Crippen molar-refractivity contribution in [3.63, 3.8) is 0 Å². The Kier molecular flexibility index (Phi) is 19.0. The van der Waals surface area contributed by atoms with Gasteiger partial charge in [0.05, 0.1) is 12.2 Å². The average molecular weight is 973 g/mol. The fraction of sp³-hybridized carbons (Fsp3) is 0.489. The number of phenols is 1. The van der Waals surface area contributed by atoms with E-state index in [-0.39, 0.29) is 70.8 Å². The highest BCUT2D eigenvalue weighted by atomic mass is 19.4. The number of ketones is 2. The first-order valence-electron chi connectivity index (χ1n) is 21.1. The molecule has 68 heavy (non-hydrogen) atoms. The van der Waals surface area contributed by atoms with Gasteiger partial charge in [0.25, 0.3) is 0 Å². The number of carbonyl (C=O) groups excluding carboxylic acids is 4. The van der Waals surface area contributed by atoms with Gasteiger partial charge in [0.15, 0.2) is 37.4 Å². The minimum atomic E-state index is -4.61. The molecule has 3 heterocycles. The molecule has 15 nitrogen and oxygen atoms in total. The van der Waals surface area contributed by atoms with Crippen molar-refractivity contribution in [1.29, 1.82) is 0 Å². The van der Waals surface area contributed by atoms with Crippen molar-refractivity contribution in [1.82, 2.24) is 0 Å². The fourth-order valence-corrected chi connectivity index (χ4v) is 6.57. The summed E-state index contributed by atoms with van der Waals surface area (Å²) in [4.78, 5) is 50.7. The van der Waals surface area contributed by atoms with Crippen molar-refractivity contribution >= 4 is 35.7 Å². The molecule has 0 saturated carbocycles. The van der Waals surface area contributed by atoms with E-state index in [4.69, 9.17) is 33.2 Å². The van der Waals surface area contributed by atoms with E-state index in [1.165, 1.54) is 49.6 Å². The number of ether oxygens (including phenoxy) is 8. The van der Waals surface area contributed by atoms with Crippen LogP contribution in [0.2, 0.25) is 0 Å². The van der Waals surface area contributed by atoms with Crippen molar-refractivity contribution < 1.29 is 98.7 Å². The number of rotatable bonds is 7. The van der Waals surface area contributed by atoms with Gasteiger partial charge in [-0.05, 0) is 75.9 Å². The summed E-state index contributed by atoms with van der Waals surface area (Å²) >= 11 is 0. The number of hydrogen-bond acceptors (Lipinski definition) is 15. The molecule has 3 N–H and O–H groups in total. The molecule has 374 valence electrons. The normalized spacial score (nSPS) is 27.8. The predicted octanol–water partition coefficient (Wildman–Crippen LogP) is 7.63. The van der Waals surface area contributed by atoms with Gasteiger partial charge in [-0.15, -0.1) is 0 Å². The third kappa shape index (κ3) is 16.2. The molecule has 3 aliphatic heterocycles. The molecule has 0 radical (unpaired) electrons. The highest BCUT2D eigenvalue weighted by molar-refractivity contribution is 5.98. The highest BCUT2D eigenvalue weighted by Gasteiger charge is 2.44. The number of aromatic hydroxyl groups is 1. The maximum absolute atomic E-state index is 13.2. The number of benzene rings is 2. The van der Waals surface area contributed by atoms with E-state index in [1.807, 2.05) is 0 Å². The number of hydrogen-bond donors (Lipinski definition) is 3. The number of methoxy groups -OCH3 is 1. The number of carbonyl (C=O) groups is 4. The molecule has 0 spiro atoms. The van der Waals surface area contributed by atoms with Gasteiger partial charge in [-0.3, -0.25) is 9.59 Å². The molecule has 1 saturated heterocycles. The van der Waals surface area contributed by atoms with Crippen LogP contribution in [0.25, 0.3) is 12.2 Å². The van der Waals surface area contributed by atoms with Gasteiger partial charge in [0.1, 0.15) is 58.5 Å². The van der Waals surface area contributed by atoms with E-state index >= 15 is 0 Å². The zero-order valence-corrected chi connectivity index (χ0v) is 38.1. The van der Waals surface area contributed by atoms with Crippen molar-refractivity contribution in [3.05, 3.63) is 83.0 Å². The number of halogens is 6. The molecule has 0 amide bonds. The van der Waals surface area contributed by atoms with E-state index < -0.39 is 97.4 Å². The Balaban J connectivity index is 0.000000301. The zero-order chi connectivity index (χ0) is 50.7. The third-order valence-electron chi connectivity index (χ3n) is 10.4. The summed E-state index contributed by atoms with van der Waals surface area (Å²) in [6.07, 6.45) is -3.98. The van der Waals surface area contributed by atoms with Gasteiger partial charge in [0.2, 0.25) is 0 Å². The van der Waals surface area contributed by atoms with Gasteiger partial charge in [-0.2, -0.15) is 26.3 Å². The molecule has 0 bridgehead atoms. The Bertz CT molecular complexity index is 2230. The Morgan fingerprint density at radius 2 is 1.18 bits per heavy atom. The number of esters is 2. The minimum Gasteiger partial charge on any atom is -0.507 e. The van der Waals surface area contributed by atoms with Crippen LogP contribution in [0.5, 0.6) is 23.0 Å². The second-order valence-corrected chi connectivity index (χ2v) is 16.5. The van der Waals surface area contributed by atoms with Crippen molar-refractivity contribution in [2.75, 3.05) is 27.1 Å². The van der Waals surface area contributed by atoms with Crippen LogP contribution in [0.3, 0.4) is 0 Å². The third-order valence-corrected chi connectivity index (χ3v) is 10.4. The van der Waals surface area contributed by atoms with Crippen molar-refractivity contribution in [3.8, 4) is 23.0 Å². The van der Waals surface area contributed by atoms with Crippen LogP contribution in [0.4, 0.5) is 26.3 Å². The summed E-state index contributed by atoms with van der Waals surface area (Å²) in [5.41, 5.74) is -0.141. The van der Waals surface area contributed by atoms with Crippen LogP contribution in [-0.4, -0.2) is 121 Å². The number of alkyl halides is 6. The predicted molar refractivity (Wildman–Crippen MR) is 230 cm³/mol. The first-order chi connectivity index (χ1) is 31.7. The van der Waals surface area contributed by atoms with Crippen molar-refractivity contribution in [2.24, 2.45) is 11.8 Å². The first kappa shape index (κ1) is 54.9. The number of aliphatic hydroxyl groups excluding tert-OH is 2. The maximum atomic E-state index is 13.2. The first-order valence-corrected chi connectivity index (χ1v) is 21.1. The molecule has 0 aromatic heterocycles. The standard InChI is InChI=1S/C26H31F3O8.C21H23F3O7/c1-15-9-10-19(30)23-20(36-25(3,4)37-23)8-6-7-17-11-18(33-13-26(27,28)29)12-21(34-14-32-5)22(17)24(31)35-16(15)2;1-11-6-7-16(26)19(28)15(25)5-3-4-13-8-14(30-10-21(22,23)24)9-17(27)18(13)20(29)31-12(11)2/h6-7,9-12,15-16,20,23H,8,13-14H2,1-5H3;3-4,6-9,11-12,15,19,25,27-28H,5,10H2,1-2H3/b7-6+,10-9-;4-3+,7-6-/t15-,16+,20+,23-;11-,12+,15+,19+/m11/s1. The van der Waals surface area contributed by atoms with E-state index in [2.05, 4.69) is 4.74 Å². The topological polar surface area (TPSA) is 203 Å². The second-order valence-electron chi connectivity index (χ2n) is 16.5. The quantitative estimate of drug-likeness (QED) is 0.139. The molecule has 21 heteroatoms. The molecule has 0 unspecified atom stereocenters. The van der Waals surface area contributed by atoms with E-state index in [0.29, 0.717) is 0 Å². The van der Waals surface area contributed by atoms with Crippen LogP contribution in [0, 0.1) is 11.8 Å². The Hall–Kier alpha value is -5.74. The summed E-state index contributed by atoms with van der Waals surface area (Å²) in [7, 11) is 1.36. The van der Waals surface area contributed by atoms with Gasteiger partial charge in [-0.1, -0.05) is 50.3 Å². The van der Waals surface area contributed by atoms with Crippen LogP contribution in [-0.2, 0) is 33.3 Å². The lowest BCUT2D eigenvalue weighted by molar-refractivity contribution is -0.154. The SMILES string of the molecule is COCOc1cc(OCC(F)(F)F)cc2c1C(=O)O[C@@H](C)[C@H](C)/C=C\C(=O)[C@H]1OC(C)(C)O[C@H]1C/C=C/2.C[C@@H]1/C=C\C(=O)[C@@H](O)[C@@H](O)C/C=C/c2cc(OCC(F)(F)F)cc(O)c2C(=O)O[C@H]1C. The average Bonchev–Trinajstić information content (AvgIpc) is 3.56. The van der Waals surface area contributed by atoms with Gasteiger partial charge in [-0.25, -0.2) is 9.59 Å². The van der Waals surface area contributed by atoms with Gasteiger partial charge < -0.3 is 53.2 Å². The molecule has 2 aromatic carbocycles. The molecule has 1 fully saturated rings. The van der Waals surface area contributed by atoms with Crippen LogP contribution < -0.4 is 14.2 Å².